The van der Waals surface area contributed by atoms with Gasteiger partial charge >= 0.3 is 0 Å². The second-order valence-corrected chi connectivity index (χ2v) is 6.90. The Hall–Kier alpha value is -1.06. The van der Waals surface area contributed by atoms with Crippen molar-refractivity contribution in [2.24, 2.45) is 5.92 Å². The van der Waals surface area contributed by atoms with E-state index in [4.69, 9.17) is 11.6 Å². The lowest BCUT2D eigenvalue weighted by molar-refractivity contribution is 0.0417. The van der Waals surface area contributed by atoms with Crippen molar-refractivity contribution < 1.29 is 4.79 Å². The highest BCUT2D eigenvalue weighted by Crippen LogP contribution is 2.25. The Morgan fingerprint density at radius 2 is 2.05 bits per heavy atom. The number of rotatable bonds is 2. The summed E-state index contributed by atoms with van der Waals surface area (Å²) in [5, 5.41) is 4.04. The van der Waals surface area contributed by atoms with E-state index in [0.29, 0.717) is 23.0 Å². The topological polar surface area (TPSA) is 32.3 Å². The van der Waals surface area contributed by atoms with Crippen molar-refractivity contribution in [3.8, 4) is 0 Å². The van der Waals surface area contributed by atoms with Crippen LogP contribution in [-0.2, 0) is 0 Å². The highest BCUT2D eigenvalue weighted by Gasteiger charge is 2.37. The highest BCUT2D eigenvalue weighted by atomic mass is 35.5. The third-order valence-electron chi connectivity index (χ3n) is 3.89. The average Bonchev–Trinajstić information content (AvgIpc) is 2.37. The summed E-state index contributed by atoms with van der Waals surface area (Å²) in [5.74, 6) is 0.439. The third-order valence-corrected chi connectivity index (χ3v) is 4.22. The molecule has 1 unspecified atom stereocenters. The minimum Gasteiger partial charge on any atom is -0.332 e. The first-order valence-electron chi connectivity index (χ1n) is 7.12. The molecule has 1 saturated heterocycles. The molecule has 0 saturated carbocycles. The second-order valence-electron chi connectivity index (χ2n) is 6.49. The van der Waals surface area contributed by atoms with Gasteiger partial charge in [-0.3, -0.25) is 4.79 Å². The lowest BCUT2D eigenvalue weighted by Crippen LogP contribution is -2.64. The summed E-state index contributed by atoms with van der Waals surface area (Å²) in [5.41, 5.74) is 0.528. The zero-order valence-corrected chi connectivity index (χ0v) is 13.4. The Bertz CT molecular complexity index is 499. The molecule has 1 amide bonds. The Labute approximate surface area is 126 Å². The van der Waals surface area contributed by atoms with Crippen LogP contribution >= 0.6 is 11.6 Å². The molecule has 4 heteroatoms. The number of hydrogen-bond donors (Lipinski definition) is 1. The number of amides is 1. The molecular weight excluding hydrogens is 272 g/mol. The van der Waals surface area contributed by atoms with Gasteiger partial charge in [-0.2, -0.15) is 0 Å². The van der Waals surface area contributed by atoms with E-state index in [2.05, 4.69) is 33.0 Å². The van der Waals surface area contributed by atoms with Crippen LogP contribution in [0.15, 0.2) is 24.3 Å². The molecule has 1 heterocycles. The number of halogens is 1. The molecule has 1 fully saturated rings. The van der Waals surface area contributed by atoms with Gasteiger partial charge in [0.25, 0.3) is 5.91 Å². The summed E-state index contributed by atoms with van der Waals surface area (Å²) in [4.78, 5) is 14.8. The quantitative estimate of drug-likeness (QED) is 0.908. The van der Waals surface area contributed by atoms with E-state index in [1.165, 1.54) is 0 Å². The molecule has 0 spiro atoms. The molecule has 1 aromatic carbocycles. The van der Waals surface area contributed by atoms with Gasteiger partial charge in [0.15, 0.2) is 0 Å². The molecular formula is C16H23ClN2O. The fourth-order valence-corrected chi connectivity index (χ4v) is 2.91. The van der Waals surface area contributed by atoms with Crippen molar-refractivity contribution >= 4 is 17.5 Å². The largest absolute Gasteiger partial charge is 0.332 e. The van der Waals surface area contributed by atoms with Gasteiger partial charge in [0.1, 0.15) is 0 Å². The van der Waals surface area contributed by atoms with Gasteiger partial charge in [-0.1, -0.05) is 37.6 Å². The fourth-order valence-electron chi connectivity index (χ4n) is 2.70. The smallest absolute Gasteiger partial charge is 0.255 e. The van der Waals surface area contributed by atoms with Gasteiger partial charge in [0, 0.05) is 24.7 Å². The monoisotopic (exact) mass is 294 g/mol. The van der Waals surface area contributed by atoms with Gasteiger partial charge < -0.3 is 10.2 Å². The molecule has 0 aliphatic carbocycles. The summed E-state index contributed by atoms with van der Waals surface area (Å²) in [6.45, 7) is 10.1. The number of benzene rings is 1. The Balaban J connectivity index is 2.31. The molecule has 1 N–H and O–H groups in total. The van der Waals surface area contributed by atoms with Crippen molar-refractivity contribution in [3.63, 3.8) is 0 Å². The van der Waals surface area contributed by atoms with Gasteiger partial charge in [0.2, 0.25) is 0 Å². The standard InChI is InChI=1S/C16H23ClN2O/c1-11(2)14-9-18-16(3,4)10-19(14)15(20)12-7-5-6-8-13(12)17/h5-8,11,14,18H,9-10H2,1-4H3. The van der Waals surface area contributed by atoms with Gasteiger partial charge in [0.05, 0.1) is 10.6 Å². The van der Waals surface area contributed by atoms with E-state index in [0.717, 1.165) is 6.54 Å². The van der Waals surface area contributed by atoms with Crippen LogP contribution in [0.3, 0.4) is 0 Å². The summed E-state index contributed by atoms with van der Waals surface area (Å²) in [7, 11) is 0. The van der Waals surface area contributed by atoms with Crippen molar-refractivity contribution in [1.29, 1.82) is 0 Å². The predicted octanol–water partition coefficient (Wildman–Crippen LogP) is 3.19. The van der Waals surface area contributed by atoms with E-state index < -0.39 is 0 Å². The molecule has 1 aliphatic heterocycles. The summed E-state index contributed by atoms with van der Waals surface area (Å²) in [6.07, 6.45) is 0. The lowest BCUT2D eigenvalue weighted by atomic mass is 9.92. The van der Waals surface area contributed by atoms with E-state index in [1.807, 2.05) is 17.0 Å². The van der Waals surface area contributed by atoms with Crippen molar-refractivity contribution in [2.45, 2.75) is 39.3 Å². The van der Waals surface area contributed by atoms with Crippen LogP contribution in [0.25, 0.3) is 0 Å². The highest BCUT2D eigenvalue weighted by molar-refractivity contribution is 6.33. The molecule has 2 rings (SSSR count). The first-order valence-corrected chi connectivity index (χ1v) is 7.50. The van der Waals surface area contributed by atoms with Crippen LogP contribution in [0.2, 0.25) is 5.02 Å². The number of nitrogens with one attached hydrogen (secondary N) is 1. The molecule has 0 bridgehead atoms. The zero-order valence-electron chi connectivity index (χ0n) is 12.6. The van der Waals surface area contributed by atoms with E-state index in [-0.39, 0.29) is 17.5 Å². The predicted molar refractivity (Wildman–Crippen MR) is 83.2 cm³/mol. The number of piperazine rings is 1. The Morgan fingerprint density at radius 1 is 1.40 bits per heavy atom. The van der Waals surface area contributed by atoms with Gasteiger partial charge in [-0.05, 0) is 31.9 Å². The Morgan fingerprint density at radius 3 is 2.65 bits per heavy atom. The van der Waals surface area contributed by atoms with Crippen LogP contribution in [-0.4, -0.2) is 35.5 Å². The molecule has 0 aromatic heterocycles. The van der Waals surface area contributed by atoms with E-state index in [1.54, 1.807) is 12.1 Å². The maximum atomic E-state index is 12.8. The Kier molecular flexibility index (Phi) is 4.40. The second kappa shape index (κ2) is 5.74. The lowest BCUT2D eigenvalue weighted by Gasteiger charge is -2.46. The third kappa shape index (κ3) is 3.15. The van der Waals surface area contributed by atoms with Crippen molar-refractivity contribution in [3.05, 3.63) is 34.9 Å². The minimum atomic E-state index is -0.0672. The SMILES string of the molecule is CC(C)C1CNC(C)(C)CN1C(=O)c1ccccc1Cl. The number of carbonyl (C=O) groups is 1. The van der Waals surface area contributed by atoms with E-state index in [9.17, 15) is 4.79 Å². The summed E-state index contributed by atoms with van der Waals surface area (Å²) in [6, 6.07) is 7.48. The average molecular weight is 295 g/mol. The summed E-state index contributed by atoms with van der Waals surface area (Å²) >= 11 is 6.17. The number of hydrogen-bond acceptors (Lipinski definition) is 2. The fraction of sp³-hybridized carbons (Fsp3) is 0.562. The molecule has 1 aliphatic rings. The van der Waals surface area contributed by atoms with Crippen LogP contribution in [0.1, 0.15) is 38.1 Å². The first kappa shape index (κ1) is 15.3. The molecule has 20 heavy (non-hydrogen) atoms. The van der Waals surface area contributed by atoms with Crippen molar-refractivity contribution in [2.75, 3.05) is 13.1 Å². The van der Waals surface area contributed by atoms with Gasteiger partial charge in [-0.15, -0.1) is 0 Å². The molecule has 0 radical (unpaired) electrons. The molecule has 1 atom stereocenters. The van der Waals surface area contributed by atoms with Gasteiger partial charge in [-0.25, -0.2) is 0 Å². The van der Waals surface area contributed by atoms with Crippen LogP contribution in [0.5, 0.6) is 0 Å². The maximum absolute atomic E-state index is 12.8. The molecule has 3 nitrogen and oxygen atoms in total. The van der Waals surface area contributed by atoms with Crippen LogP contribution in [0.4, 0.5) is 0 Å². The molecule has 110 valence electrons. The van der Waals surface area contributed by atoms with Crippen molar-refractivity contribution in [1.82, 2.24) is 10.2 Å². The van der Waals surface area contributed by atoms with E-state index >= 15 is 0 Å². The van der Waals surface area contributed by atoms with Crippen LogP contribution < -0.4 is 5.32 Å². The maximum Gasteiger partial charge on any atom is 0.255 e. The summed E-state index contributed by atoms with van der Waals surface area (Å²) < 4.78 is 0. The molecule has 1 aromatic rings. The minimum absolute atomic E-state index is 0.0314. The first-order chi connectivity index (χ1) is 9.32. The number of nitrogens with zero attached hydrogens (tertiary/aromatic N) is 1. The zero-order chi connectivity index (χ0) is 14.9. The normalized spacial score (nSPS) is 22.1. The number of carbonyl (C=O) groups excluding carboxylic acids is 1. The van der Waals surface area contributed by atoms with Crippen LogP contribution in [0, 0.1) is 5.92 Å².